The van der Waals surface area contributed by atoms with Gasteiger partial charge in [0.1, 0.15) is 0 Å². The van der Waals surface area contributed by atoms with Crippen molar-refractivity contribution in [1.82, 2.24) is 5.32 Å². The van der Waals surface area contributed by atoms with E-state index in [4.69, 9.17) is 0 Å². The highest BCUT2D eigenvalue weighted by Gasteiger charge is 2.27. The van der Waals surface area contributed by atoms with E-state index in [1.165, 1.54) is 0 Å². The highest BCUT2D eigenvalue weighted by atomic mass is 32.2. The summed E-state index contributed by atoms with van der Waals surface area (Å²) >= 11 is 1.63. The van der Waals surface area contributed by atoms with E-state index in [1.807, 2.05) is 18.4 Å². The van der Waals surface area contributed by atoms with Crippen molar-refractivity contribution in [1.29, 1.82) is 0 Å². The lowest BCUT2D eigenvalue weighted by Gasteiger charge is -2.31. The Morgan fingerprint density at radius 1 is 1.23 bits per heavy atom. The molecule has 1 fully saturated rings. The molecule has 0 saturated heterocycles. The van der Waals surface area contributed by atoms with Crippen LogP contribution in [0.1, 0.15) is 39.5 Å². The van der Waals surface area contributed by atoms with Crippen LogP contribution in [0.25, 0.3) is 0 Å². The summed E-state index contributed by atoms with van der Waals surface area (Å²) in [7, 11) is -3.17. The lowest BCUT2D eigenvalue weighted by molar-refractivity contribution is 0.290. The first-order valence-corrected chi connectivity index (χ1v) is 10.9. The van der Waals surface area contributed by atoms with Crippen LogP contribution >= 0.6 is 11.8 Å². The van der Waals surface area contributed by atoms with Crippen molar-refractivity contribution in [3.8, 4) is 0 Å². The Bertz CT molecular complexity index is 567. The molecule has 0 amide bonds. The van der Waals surface area contributed by atoms with Gasteiger partial charge in [0.2, 0.25) is 0 Å². The second-order valence-electron chi connectivity index (χ2n) is 6.51. The van der Waals surface area contributed by atoms with Crippen molar-refractivity contribution in [2.75, 3.05) is 12.0 Å². The van der Waals surface area contributed by atoms with Gasteiger partial charge in [0.15, 0.2) is 9.84 Å². The highest BCUT2D eigenvalue weighted by Crippen LogP contribution is 2.28. The van der Waals surface area contributed by atoms with Gasteiger partial charge in [-0.1, -0.05) is 20.3 Å². The summed E-state index contributed by atoms with van der Waals surface area (Å²) in [5.74, 6) is 0.553. The van der Waals surface area contributed by atoms with E-state index >= 15 is 0 Å². The van der Waals surface area contributed by atoms with E-state index in [-0.39, 0.29) is 11.7 Å². The van der Waals surface area contributed by atoms with Crippen LogP contribution in [-0.4, -0.2) is 32.5 Å². The first-order chi connectivity index (χ1) is 10.4. The average molecular weight is 342 g/mol. The molecule has 3 nitrogen and oxygen atoms in total. The predicted octanol–water partition coefficient (Wildman–Crippen LogP) is 3.74. The van der Waals surface area contributed by atoms with Crippen molar-refractivity contribution in [3.63, 3.8) is 0 Å². The van der Waals surface area contributed by atoms with Crippen LogP contribution in [0.15, 0.2) is 34.1 Å². The van der Waals surface area contributed by atoms with Crippen LogP contribution in [0, 0.1) is 5.92 Å². The summed E-state index contributed by atoms with van der Waals surface area (Å²) in [5, 5.41) is 3.55. The molecule has 1 N–H and O–H groups in total. The molecule has 0 aliphatic heterocycles. The maximum atomic E-state index is 12.6. The van der Waals surface area contributed by atoms with Crippen LogP contribution < -0.4 is 5.32 Å². The molecule has 124 valence electrons. The Kier molecular flexibility index (Phi) is 6.36. The topological polar surface area (TPSA) is 46.2 Å². The fraction of sp³-hybridized carbons (Fsp3) is 0.647. The van der Waals surface area contributed by atoms with Crippen LogP contribution in [0.2, 0.25) is 0 Å². The standard InChI is InChI=1S/C17H27NO2S2/c1-13(2)18-15-6-4-5-14(11-15)12-22(19,20)17-9-7-16(21-3)8-10-17/h7-10,13-15,18H,4-6,11-12H2,1-3H3. The lowest BCUT2D eigenvalue weighted by atomic mass is 9.86. The fourth-order valence-corrected chi connectivity index (χ4v) is 5.33. The molecule has 2 atom stereocenters. The minimum Gasteiger partial charge on any atom is -0.312 e. The Balaban J connectivity index is 2.01. The first-order valence-electron chi connectivity index (χ1n) is 8.03. The van der Waals surface area contributed by atoms with E-state index in [0.29, 0.717) is 17.0 Å². The highest BCUT2D eigenvalue weighted by molar-refractivity contribution is 7.98. The largest absolute Gasteiger partial charge is 0.312 e. The van der Waals surface area contributed by atoms with Gasteiger partial charge in [-0.2, -0.15) is 0 Å². The van der Waals surface area contributed by atoms with Crippen molar-refractivity contribution in [3.05, 3.63) is 24.3 Å². The second kappa shape index (κ2) is 7.84. The molecule has 1 aliphatic carbocycles. The zero-order valence-corrected chi connectivity index (χ0v) is 15.3. The summed E-state index contributed by atoms with van der Waals surface area (Å²) in [6.07, 6.45) is 6.28. The number of hydrogen-bond donors (Lipinski definition) is 1. The third-order valence-electron chi connectivity index (χ3n) is 4.23. The number of sulfone groups is 1. The van der Waals surface area contributed by atoms with E-state index in [9.17, 15) is 8.42 Å². The molecular formula is C17H27NO2S2. The Hall–Kier alpha value is -0.520. The quantitative estimate of drug-likeness (QED) is 0.801. The molecule has 1 aromatic carbocycles. The predicted molar refractivity (Wildman–Crippen MR) is 94.3 cm³/mol. The fourth-order valence-electron chi connectivity index (χ4n) is 3.25. The van der Waals surface area contributed by atoms with Gasteiger partial charge in [0, 0.05) is 17.0 Å². The Labute approximate surface area is 139 Å². The number of benzene rings is 1. The molecule has 0 bridgehead atoms. The minimum absolute atomic E-state index is 0.273. The third kappa shape index (κ3) is 5.00. The van der Waals surface area contributed by atoms with Crippen LogP contribution in [0.3, 0.4) is 0 Å². The van der Waals surface area contributed by atoms with Gasteiger partial charge in [0.05, 0.1) is 10.6 Å². The average Bonchev–Trinajstić information content (AvgIpc) is 2.46. The molecular weight excluding hydrogens is 314 g/mol. The molecule has 0 heterocycles. The maximum absolute atomic E-state index is 12.6. The molecule has 2 rings (SSSR count). The third-order valence-corrected chi connectivity index (χ3v) is 6.87. The molecule has 0 spiro atoms. The van der Waals surface area contributed by atoms with Gasteiger partial charge in [-0.3, -0.25) is 0 Å². The summed E-state index contributed by atoms with van der Waals surface area (Å²) in [6.45, 7) is 4.29. The SMILES string of the molecule is CSc1ccc(S(=O)(=O)CC2CCCC(NC(C)C)C2)cc1. The lowest BCUT2D eigenvalue weighted by Crippen LogP contribution is -2.39. The van der Waals surface area contributed by atoms with Crippen molar-refractivity contribution in [2.24, 2.45) is 5.92 Å². The first kappa shape index (κ1) is 17.8. The van der Waals surface area contributed by atoms with Gasteiger partial charge in [-0.25, -0.2) is 8.42 Å². The second-order valence-corrected chi connectivity index (χ2v) is 9.42. The number of hydrogen-bond acceptors (Lipinski definition) is 4. The Morgan fingerprint density at radius 3 is 2.50 bits per heavy atom. The van der Waals surface area contributed by atoms with Crippen LogP contribution in [0.5, 0.6) is 0 Å². The van der Waals surface area contributed by atoms with E-state index in [0.717, 1.165) is 30.6 Å². The number of nitrogens with one attached hydrogen (secondary N) is 1. The smallest absolute Gasteiger partial charge is 0.178 e. The monoisotopic (exact) mass is 341 g/mol. The van der Waals surface area contributed by atoms with E-state index in [1.54, 1.807) is 23.9 Å². The summed E-state index contributed by atoms with van der Waals surface area (Å²) in [6, 6.07) is 8.19. The van der Waals surface area contributed by atoms with Gasteiger partial charge >= 0.3 is 0 Å². The van der Waals surface area contributed by atoms with E-state index < -0.39 is 9.84 Å². The van der Waals surface area contributed by atoms with Crippen LogP contribution in [0.4, 0.5) is 0 Å². The summed E-state index contributed by atoms with van der Waals surface area (Å²) in [4.78, 5) is 1.56. The molecule has 5 heteroatoms. The molecule has 1 saturated carbocycles. The van der Waals surface area contributed by atoms with Crippen LogP contribution in [-0.2, 0) is 9.84 Å². The molecule has 0 radical (unpaired) electrons. The van der Waals surface area contributed by atoms with Crippen molar-refractivity contribution in [2.45, 2.75) is 61.4 Å². The zero-order valence-electron chi connectivity index (χ0n) is 13.7. The normalized spacial score (nSPS) is 22.9. The molecule has 1 aliphatic rings. The number of rotatable bonds is 6. The number of thioether (sulfide) groups is 1. The molecule has 22 heavy (non-hydrogen) atoms. The molecule has 2 unspecified atom stereocenters. The summed E-state index contributed by atoms with van der Waals surface area (Å²) < 4.78 is 25.2. The maximum Gasteiger partial charge on any atom is 0.178 e. The van der Waals surface area contributed by atoms with Crippen molar-refractivity contribution < 1.29 is 8.42 Å². The minimum atomic E-state index is -3.17. The zero-order chi connectivity index (χ0) is 16.2. The van der Waals surface area contributed by atoms with Gasteiger partial charge in [-0.15, -0.1) is 11.8 Å². The Morgan fingerprint density at radius 2 is 1.91 bits per heavy atom. The van der Waals surface area contributed by atoms with E-state index in [2.05, 4.69) is 19.2 Å². The van der Waals surface area contributed by atoms with Gasteiger partial charge in [0.25, 0.3) is 0 Å². The van der Waals surface area contributed by atoms with Gasteiger partial charge in [-0.05, 0) is 55.7 Å². The van der Waals surface area contributed by atoms with Crippen molar-refractivity contribution >= 4 is 21.6 Å². The molecule has 1 aromatic rings. The summed E-state index contributed by atoms with van der Waals surface area (Å²) in [5.41, 5.74) is 0. The molecule has 0 aromatic heterocycles. The van der Waals surface area contributed by atoms with Gasteiger partial charge < -0.3 is 5.32 Å².